The van der Waals surface area contributed by atoms with Gasteiger partial charge in [0, 0.05) is 18.0 Å². The Balaban J connectivity index is 2.16. The highest BCUT2D eigenvalue weighted by Gasteiger charge is 2.26. The molecule has 0 aromatic heterocycles. The average molecular weight is 406 g/mol. The van der Waals surface area contributed by atoms with Gasteiger partial charge < -0.3 is 10.1 Å². The van der Waals surface area contributed by atoms with Crippen molar-refractivity contribution >= 4 is 33.1 Å². The van der Waals surface area contributed by atoms with Crippen molar-refractivity contribution in [2.45, 2.75) is 24.8 Å². The molecule has 9 nitrogen and oxygen atoms in total. The topological polar surface area (TPSA) is 133 Å². The van der Waals surface area contributed by atoms with Crippen LogP contribution in [0.4, 0.5) is 11.4 Å². The molecule has 0 saturated carbocycles. The maximum atomic E-state index is 12.2. The molecule has 2 aromatic carbocycles. The highest BCUT2D eigenvalue weighted by Crippen LogP contribution is 2.25. The van der Waals surface area contributed by atoms with Crippen molar-refractivity contribution in [1.82, 2.24) is 0 Å². The molecule has 0 heterocycles. The zero-order chi connectivity index (χ0) is 21.1. The van der Waals surface area contributed by atoms with Crippen LogP contribution in [0.25, 0.3) is 0 Å². The minimum absolute atomic E-state index is 0.241. The Morgan fingerprint density at radius 2 is 1.86 bits per heavy atom. The van der Waals surface area contributed by atoms with Gasteiger partial charge in [-0.3, -0.25) is 14.9 Å². The summed E-state index contributed by atoms with van der Waals surface area (Å²) in [7, 11) is -3.85. The van der Waals surface area contributed by atoms with E-state index in [0.717, 1.165) is 30.0 Å². The first-order valence-corrected chi connectivity index (χ1v) is 9.95. The summed E-state index contributed by atoms with van der Waals surface area (Å²) in [4.78, 5) is 34.1. The number of aryl methyl sites for hydroxylation is 1. The van der Waals surface area contributed by atoms with Gasteiger partial charge in [0.15, 0.2) is 15.9 Å². The summed E-state index contributed by atoms with van der Waals surface area (Å²) in [6, 6.07) is 9.88. The number of nitro benzene ring substituents is 1. The van der Waals surface area contributed by atoms with Crippen molar-refractivity contribution in [1.29, 1.82) is 0 Å². The van der Waals surface area contributed by atoms with Crippen LogP contribution < -0.4 is 5.32 Å². The molecule has 0 aliphatic rings. The molecule has 0 aliphatic carbocycles. The van der Waals surface area contributed by atoms with E-state index in [-0.39, 0.29) is 5.56 Å². The SMILES string of the molecule is Cc1cccc(NC(=O)[C@@H](C)OC(=O)c2ccc(S(C)(=O)=O)c([N+](=O)[O-])c2)c1. The first kappa shape index (κ1) is 21.0. The molecule has 1 atom stereocenters. The molecule has 28 heavy (non-hydrogen) atoms. The summed E-state index contributed by atoms with van der Waals surface area (Å²) in [5.74, 6) is -1.57. The van der Waals surface area contributed by atoms with E-state index in [2.05, 4.69) is 5.32 Å². The van der Waals surface area contributed by atoms with Gasteiger partial charge in [-0.15, -0.1) is 0 Å². The Labute approximate surface area is 161 Å². The molecule has 0 fully saturated rings. The van der Waals surface area contributed by atoms with Crippen LogP contribution in [0, 0.1) is 17.0 Å². The first-order chi connectivity index (χ1) is 13.0. The molecular formula is C18H18N2O7S. The monoisotopic (exact) mass is 406 g/mol. The third-order valence-electron chi connectivity index (χ3n) is 3.73. The van der Waals surface area contributed by atoms with Gasteiger partial charge in [-0.2, -0.15) is 0 Å². The number of benzene rings is 2. The van der Waals surface area contributed by atoms with Gasteiger partial charge in [0.05, 0.1) is 10.5 Å². The lowest BCUT2D eigenvalue weighted by Crippen LogP contribution is -2.30. The van der Waals surface area contributed by atoms with Gasteiger partial charge in [-0.1, -0.05) is 12.1 Å². The third kappa shape index (κ3) is 5.13. The molecule has 2 aromatic rings. The van der Waals surface area contributed by atoms with E-state index >= 15 is 0 Å². The first-order valence-electron chi connectivity index (χ1n) is 8.06. The number of rotatable bonds is 6. The zero-order valence-electron chi connectivity index (χ0n) is 15.3. The van der Waals surface area contributed by atoms with Crippen molar-refractivity contribution in [3.8, 4) is 0 Å². The Hall–Kier alpha value is -3.27. The standard InChI is InChI=1S/C18H18N2O7S/c1-11-5-4-6-14(9-11)19-17(21)12(2)27-18(22)13-7-8-16(28(3,25)26)15(10-13)20(23)24/h4-10,12H,1-3H3,(H,19,21)/t12-/m1/s1. The lowest BCUT2D eigenvalue weighted by atomic mass is 10.2. The van der Waals surface area contributed by atoms with Crippen molar-refractivity contribution in [2.75, 3.05) is 11.6 Å². The van der Waals surface area contributed by atoms with Crippen molar-refractivity contribution in [3.05, 3.63) is 63.7 Å². The number of amides is 1. The molecule has 0 saturated heterocycles. The molecular weight excluding hydrogens is 388 g/mol. The normalized spacial score (nSPS) is 12.1. The quantitative estimate of drug-likeness (QED) is 0.443. The van der Waals surface area contributed by atoms with E-state index in [1.807, 2.05) is 13.0 Å². The summed E-state index contributed by atoms with van der Waals surface area (Å²) in [5, 5.41) is 13.7. The molecule has 1 amide bonds. The Kier molecular flexibility index (Phi) is 6.14. The van der Waals surface area contributed by atoms with Gasteiger partial charge in [0.2, 0.25) is 0 Å². The summed E-state index contributed by atoms with van der Waals surface area (Å²) < 4.78 is 28.3. The number of nitrogens with zero attached hydrogens (tertiary/aromatic N) is 1. The second-order valence-electron chi connectivity index (χ2n) is 6.12. The van der Waals surface area contributed by atoms with Crippen LogP contribution in [0.3, 0.4) is 0 Å². The number of nitrogens with one attached hydrogen (secondary N) is 1. The predicted molar refractivity (Wildman–Crippen MR) is 101 cm³/mol. The number of hydrogen-bond donors (Lipinski definition) is 1. The van der Waals surface area contributed by atoms with Crippen molar-refractivity contribution in [2.24, 2.45) is 0 Å². The highest BCUT2D eigenvalue weighted by molar-refractivity contribution is 7.90. The fraction of sp³-hybridized carbons (Fsp3) is 0.222. The van der Waals surface area contributed by atoms with E-state index < -0.39 is 43.3 Å². The average Bonchev–Trinajstić information content (AvgIpc) is 2.60. The summed E-state index contributed by atoms with van der Waals surface area (Å²) in [6.07, 6.45) is -0.355. The number of carbonyl (C=O) groups excluding carboxylic acids is 2. The number of esters is 1. The fourth-order valence-electron chi connectivity index (χ4n) is 2.35. The van der Waals surface area contributed by atoms with Gasteiger partial charge in [-0.05, 0) is 43.7 Å². The van der Waals surface area contributed by atoms with Crippen LogP contribution in [0.15, 0.2) is 47.4 Å². The number of anilines is 1. The smallest absolute Gasteiger partial charge is 0.339 e. The van der Waals surface area contributed by atoms with Crippen LogP contribution >= 0.6 is 0 Å². The minimum atomic E-state index is -3.85. The van der Waals surface area contributed by atoms with Crippen molar-refractivity contribution in [3.63, 3.8) is 0 Å². The van der Waals surface area contributed by atoms with Crippen LogP contribution in [-0.4, -0.2) is 37.6 Å². The molecule has 0 bridgehead atoms. The van der Waals surface area contributed by atoms with E-state index in [0.29, 0.717) is 5.69 Å². The number of ether oxygens (including phenoxy) is 1. The van der Waals surface area contributed by atoms with Crippen LogP contribution in [0.2, 0.25) is 0 Å². The number of sulfone groups is 1. The third-order valence-corrected chi connectivity index (χ3v) is 4.87. The van der Waals surface area contributed by atoms with Crippen LogP contribution in [0.5, 0.6) is 0 Å². The van der Waals surface area contributed by atoms with E-state index in [1.165, 1.54) is 6.92 Å². The molecule has 148 valence electrons. The highest BCUT2D eigenvalue weighted by atomic mass is 32.2. The molecule has 0 aliphatic heterocycles. The van der Waals surface area contributed by atoms with Crippen LogP contribution in [-0.2, 0) is 19.4 Å². The molecule has 10 heteroatoms. The number of hydrogen-bond acceptors (Lipinski definition) is 7. The number of nitro groups is 1. The van der Waals surface area contributed by atoms with Gasteiger partial charge in [0.1, 0.15) is 4.90 Å². The predicted octanol–water partition coefficient (Wildman–Crippen LogP) is 2.49. The zero-order valence-corrected chi connectivity index (χ0v) is 16.1. The van der Waals surface area contributed by atoms with E-state index in [9.17, 15) is 28.1 Å². The maximum absolute atomic E-state index is 12.2. The van der Waals surface area contributed by atoms with E-state index in [1.54, 1.807) is 18.2 Å². The Morgan fingerprint density at radius 1 is 1.18 bits per heavy atom. The van der Waals surface area contributed by atoms with Crippen LogP contribution in [0.1, 0.15) is 22.8 Å². The second-order valence-corrected chi connectivity index (χ2v) is 8.10. The molecule has 1 N–H and O–H groups in total. The summed E-state index contributed by atoms with van der Waals surface area (Å²) in [5.41, 5.74) is 0.477. The molecule has 0 spiro atoms. The minimum Gasteiger partial charge on any atom is -0.449 e. The van der Waals surface area contributed by atoms with Gasteiger partial charge in [-0.25, -0.2) is 13.2 Å². The molecule has 0 radical (unpaired) electrons. The summed E-state index contributed by atoms with van der Waals surface area (Å²) in [6.45, 7) is 3.20. The number of carbonyl (C=O) groups is 2. The second kappa shape index (κ2) is 8.17. The van der Waals surface area contributed by atoms with Crippen molar-refractivity contribution < 1.29 is 27.7 Å². The largest absolute Gasteiger partial charge is 0.449 e. The fourth-order valence-corrected chi connectivity index (χ4v) is 3.18. The van der Waals surface area contributed by atoms with Gasteiger partial charge >= 0.3 is 5.97 Å². The lowest BCUT2D eigenvalue weighted by Gasteiger charge is -2.14. The maximum Gasteiger partial charge on any atom is 0.339 e. The lowest BCUT2D eigenvalue weighted by molar-refractivity contribution is -0.387. The Morgan fingerprint density at radius 3 is 2.43 bits per heavy atom. The Bertz CT molecular complexity index is 1050. The molecule has 2 rings (SSSR count). The van der Waals surface area contributed by atoms with E-state index in [4.69, 9.17) is 4.74 Å². The molecule has 0 unspecified atom stereocenters. The summed E-state index contributed by atoms with van der Waals surface area (Å²) >= 11 is 0. The van der Waals surface area contributed by atoms with Gasteiger partial charge in [0.25, 0.3) is 11.6 Å².